The van der Waals surface area contributed by atoms with Gasteiger partial charge in [0.25, 0.3) is 11.8 Å². The maximum Gasteiger partial charge on any atom is 0.417 e. The summed E-state index contributed by atoms with van der Waals surface area (Å²) in [5.41, 5.74) is 2.64. The number of halogens is 3. The molecule has 13 heteroatoms. The van der Waals surface area contributed by atoms with Crippen LogP contribution in [0.2, 0.25) is 0 Å². The number of benzene rings is 1. The second-order valence-corrected chi connectivity index (χ2v) is 11.0. The van der Waals surface area contributed by atoms with Crippen LogP contribution < -0.4 is 26.0 Å². The zero-order chi connectivity index (χ0) is 30.0. The summed E-state index contributed by atoms with van der Waals surface area (Å²) in [6.07, 6.45) is -3.65. The third-order valence-corrected chi connectivity index (χ3v) is 7.12. The molecule has 0 saturated carbocycles. The topological polar surface area (TPSA) is 134 Å². The lowest BCUT2D eigenvalue weighted by Crippen LogP contribution is -2.55. The standard InChI is InChI=1S/C27H38F3N5O5/c1-6-21(36)32-9-11-35-19-12-17(18(27(28,29)30)13-20(19)40-26(4,5)25(35)39)23(37)33-16-8-7-10-34(14-16)24(38)22(31)15(2)3/h12-13,15-16,22H,6-11,14,31H2,1-5H3,(H,32,36)(H,33,37)/t16-,22+/m1/s1. The summed E-state index contributed by atoms with van der Waals surface area (Å²) in [7, 11) is 0. The monoisotopic (exact) mass is 569 g/mol. The lowest BCUT2D eigenvalue weighted by Gasteiger charge is -2.39. The summed E-state index contributed by atoms with van der Waals surface area (Å²) in [6, 6.07) is 0.428. The number of alkyl halides is 3. The minimum Gasteiger partial charge on any atom is -0.476 e. The quantitative estimate of drug-likeness (QED) is 0.441. The van der Waals surface area contributed by atoms with Crippen LogP contribution in [0.5, 0.6) is 5.75 Å². The molecule has 1 aromatic rings. The van der Waals surface area contributed by atoms with E-state index in [4.69, 9.17) is 10.5 Å². The van der Waals surface area contributed by atoms with Crippen LogP contribution >= 0.6 is 0 Å². The summed E-state index contributed by atoms with van der Waals surface area (Å²) < 4.78 is 48.1. The fourth-order valence-corrected chi connectivity index (χ4v) is 4.74. The van der Waals surface area contributed by atoms with E-state index in [0.29, 0.717) is 19.4 Å². The molecule has 0 aliphatic carbocycles. The van der Waals surface area contributed by atoms with E-state index in [2.05, 4.69) is 10.6 Å². The summed E-state index contributed by atoms with van der Waals surface area (Å²) in [5, 5.41) is 5.28. The first-order valence-electron chi connectivity index (χ1n) is 13.4. The van der Waals surface area contributed by atoms with Gasteiger partial charge in [-0.05, 0) is 44.7 Å². The van der Waals surface area contributed by atoms with Gasteiger partial charge in [-0.25, -0.2) is 0 Å². The van der Waals surface area contributed by atoms with E-state index in [-0.39, 0.29) is 55.2 Å². The molecule has 0 unspecified atom stereocenters. The van der Waals surface area contributed by atoms with Gasteiger partial charge >= 0.3 is 6.18 Å². The first kappa shape index (κ1) is 31.2. The number of nitrogens with one attached hydrogen (secondary N) is 2. The van der Waals surface area contributed by atoms with E-state index in [1.807, 2.05) is 13.8 Å². The molecule has 1 fully saturated rings. The lowest BCUT2D eigenvalue weighted by atomic mass is 9.97. The van der Waals surface area contributed by atoms with Crippen molar-refractivity contribution in [2.45, 2.75) is 77.7 Å². The van der Waals surface area contributed by atoms with Gasteiger partial charge in [-0.3, -0.25) is 19.2 Å². The summed E-state index contributed by atoms with van der Waals surface area (Å²) in [4.78, 5) is 53.6. The van der Waals surface area contributed by atoms with Crippen molar-refractivity contribution in [2.75, 3.05) is 31.1 Å². The molecule has 10 nitrogen and oxygen atoms in total. The largest absolute Gasteiger partial charge is 0.476 e. The van der Waals surface area contributed by atoms with Gasteiger partial charge < -0.3 is 30.9 Å². The maximum absolute atomic E-state index is 14.2. The number of ether oxygens (including phenoxy) is 1. The Morgan fingerprint density at radius 2 is 1.90 bits per heavy atom. The molecule has 4 amide bonds. The minimum atomic E-state index is -4.89. The first-order chi connectivity index (χ1) is 18.6. The fourth-order valence-electron chi connectivity index (χ4n) is 4.74. The molecule has 2 atom stereocenters. The molecule has 2 aliphatic heterocycles. The molecule has 2 heterocycles. The Balaban J connectivity index is 1.93. The molecule has 1 saturated heterocycles. The van der Waals surface area contributed by atoms with E-state index in [1.165, 1.54) is 23.6 Å². The van der Waals surface area contributed by atoms with Crippen LogP contribution in [0.3, 0.4) is 0 Å². The number of nitrogens with two attached hydrogens (primary N) is 1. The number of carbonyl (C=O) groups is 4. The van der Waals surface area contributed by atoms with Crippen molar-refractivity contribution >= 4 is 29.3 Å². The lowest BCUT2D eigenvalue weighted by molar-refractivity contribution is -0.138. The predicted molar refractivity (Wildman–Crippen MR) is 142 cm³/mol. The zero-order valence-corrected chi connectivity index (χ0v) is 23.5. The van der Waals surface area contributed by atoms with Gasteiger partial charge in [-0.1, -0.05) is 20.8 Å². The van der Waals surface area contributed by atoms with E-state index < -0.39 is 46.8 Å². The number of rotatable bonds is 8. The Hall–Kier alpha value is -3.35. The molecule has 1 aromatic carbocycles. The van der Waals surface area contributed by atoms with Crippen molar-refractivity contribution in [1.29, 1.82) is 0 Å². The van der Waals surface area contributed by atoms with Gasteiger partial charge in [0.2, 0.25) is 11.8 Å². The van der Waals surface area contributed by atoms with Crippen molar-refractivity contribution in [3.63, 3.8) is 0 Å². The number of carbonyl (C=O) groups excluding carboxylic acids is 4. The second-order valence-electron chi connectivity index (χ2n) is 11.0. The predicted octanol–water partition coefficient (Wildman–Crippen LogP) is 2.44. The number of hydrogen-bond acceptors (Lipinski definition) is 6. The zero-order valence-electron chi connectivity index (χ0n) is 23.5. The van der Waals surface area contributed by atoms with Crippen molar-refractivity contribution < 1.29 is 37.1 Å². The highest BCUT2D eigenvalue weighted by Crippen LogP contribution is 2.43. The third-order valence-electron chi connectivity index (χ3n) is 7.12. The Bertz CT molecular complexity index is 1150. The van der Waals surface area contributed by atoms with E-state index in [9.17, 15) is 32.3 Å². The van der Waals surface area contributed by atoms with Crippen molar-refractivity contribution in [2.24, 2.45) is 11.7 Å². The van der Waals surface area contributed by atoms with Gasteiger partial charge in [-0.15, -0.1) is 0 Å². The number of fused-ring (bicyclic) bond motifs is 1. The Kier molecular flexibility index (Phi) is 9.38. The SMILES string of the molecule is CCC(=O)NCCN1C(=O)C(C)(C)Oc2cc(C(F)(F)F)c(C(=O)N[C@@H]3CCCN(C(=O)[C@@H](N)C(C)C)C3)cc21. The van der Waals surface area contributed by atoms with Gasteiger partial charge in [0.05, 0.1) is 22.9 Å². The molecular weight excluding hydrogens is 531 g/mol. The van der Waals surface area contributed by atoms with Crippen molar-refractivity contribution in [3.05, 3.63) is 23.3 Å². The highest BCUT2D eigenvalue weighted by molar-refractivity contribution is 6.05. The molecule has 0 aromatic heterocycles. The number of anilines is 1. The van der Waals surface area contributed by atoms with E-state index >= 15 is 0 Å². The summed E-state index contributed by atoms with van der Waals surface area (Å²) in [6.45, 7) is 8.75. The number of hydrogen-bond donors (Lipinski definition) is 3. The van der Waals surface area contributed by atoms with Crippen molar-refractivity contribution in [3.8, 4) is 5.75 Å². The van der Waals surface area contributed by atoms with Crippen LogP contribution in [0.25, 0.3) is 0 Å². The van der Waals surface area contributed by atoms with E-state index in [0.717, 1.165) is 12.1 Å². The molecule has 4 N–H and O–H groups in total. The minimum absolute atomic E-state index is 0.00317. The Labute approximate surface area is 231 Å². The molecule has 0 radical (unpaired) electrons. The highest BCUT2D eigenvalue weighted by Gasteiger charge is 2.44. The van der Waals surface area contributed by atoms with Gasteiger partial charge in [0, 0.05) is 38.6 Å². The van der Waals surface area contributed by atoms with Crippen LogP contribution in [0.15, 0.2) is 12.1 Å². The van der Waals surface area contributed by atoms with Crippen LogP contribution in [0.4, 0.5) is 18.9 Å². The van der Waals surface area contributed by atoms with E-state index in [1.54, 1.807) is 6.92 Å². The first-order valence-corrected chi connectivity index (χ1v) is 13.4. The van der Waals surface area contributed by atoms with Crippen molar-refractivity contribution in [1.82, 2.24) is 15.5 Å². The fraction of sp³-hybridized carbons (Fsp3) is 0.630. The van der Waals surface area contributed by atoms with Crippen LogP contribution in [0, 0.1) is 5.92 Å². The third kappa shape index (κ3) is 6.86. The van der Waals surface area contributed by atoms with Crippen LogP contribution in [-0.2, 0) is 20.6 Å². The molecule has 0 bridgehead atoms. The van der Waals surface area contributed by atoms with Crippen LogP contribution in [0.1, 0.15) is 69.8 Å². The molecule has 40 heavy (non-hydrogen) atoms. The number of nitrogens with zero attached hydrogens (tertiary/aromatic N) is 2. The number of amides is 4. The van der Waals surface area contributed by atoms with Gasteiger partial charge in [0.1, 0.15) is 5.75 Å². The smallest absolute Gasteiger partial charge is 0.417 e. The molecule has 2 aliphatic rings. The molecule has 3 rings (SSSR count). The Morgan fingerprint density at radius 1 is 1.23 bits per heavy atom. The van der Waals surface area contributed by atoms with Crippen LogP contribution in [-0.4, -0.2) is 72.4 Å². The highest BCUT2D eigenvalue weighted by atomic mass is 19.4. The molecular formula is C27H38F3N5O5. The number of likely N-dealkylation sites (tertiary alicyclic amines) is 1. The maximum atomic E-state index is 14.2. The Morgan fingerprint density at radius 3 is 2.50 bits per heavy atom. The summed E-state index contributed by atoms with van der Waals surface area (Å²) in [5.74, 6) is -2.34. The van der Waals surface area contributed by atoms with Gasteiger partial charge in [-0.2, -0.15) is 13.2 Å². The normalized spacial score (nSPS) is 19.6. The second kappa shape index (κ2) is 12.0. The molecule has 222 valence electrons. The van der Waals surface area contributed by atoms with Gasteiger partial charge in [0.15, 0.2) is 5.60 Å². The summed E-state index contributed by atoms with van der Waals surface area (Å²) >= 11 is 0. The average Bonchev–Trinajstić information content (AvgIpc) is 2.88. The number of piperidine rings is 1. The molecule has 0 spiro atoms. The average molecular weight is 570 g/mol.